The molecular weight excluding hydrogens is 280 g/mol. The van der Waals surface area contributed by atoms with Crippen LogP contribution in [0.25, 0.3) is 6.08 Å². The van der Waals surface area contributed by atoms with Crippen molar-refractivity contribution in [3.63, 3.8) is 0 Å². The largest absolute Gasteiger partial charge is 0.478 e. The Morgan fingerprint density at radius 3 is 1.86 bits per heavy atom. The minimum absolute atomic E-state index is 0.264. The van der Waals surface area contributed by atoms with Crippen LogP contribution in [0.5, 0.6) is 0 Å². The van der Waals surface area contributed by atoms with Crippen molar-refractivity contribution in [2.24, 2.45) is 0 Å². The number of esters is 1. The van der Waals surface area contributed by atoms with Gasteiger partial charge >= 0.3 is 11.9 Å². The Morgan fingerprint density at radius 1 is 1.23 bits per heavy atom. The van der Waals surface area contributed by atoms with Crippen LogP contribution < -0.4 is 0 Å². The Kier molecular flexibility index (Phi) is 13.2. The summed E-state index contributed by atoms with van der Waals surface area (Å²) in [5.41, 5.74) is 1.87. The maximum absolute atomic E-state index is 10.2. The fourth-order valence-corrected chi connectivity index (χ4v) is 0.915. The van der Waals surface area contributed by atoms with Crippen molar-refractivity contribution in [3.8, 4) is 0 Å². The molecule has 0 saturated heterocycles. The molecule has 0 aliphatic rings. The number of aliphatic carboxylic acids is 1. The van der Waals surface area contributed by atoms with Gasteiger partial charge in [-0.2, -0.15) is 0 Å². The maximum atomic E-state index is 10.2. The van der Waals surface area contributed by atoms with Crippen LogP contribution in [-0.2, 0) is 14.3 Å². The molecular formula is C18H24O4. The highest BCUT2D eigenvalue weighted by atomic mass is 16.5. The summed E-state index contributed by atoms with van der Waals surface area (Å²) in [4.78, 5) is 20.0. The third-order valence-corrected chi connectivity index (χ3v) is 2.30. The number of rotatable bonds is 4. The molecule has 1 aromatic carbocycles. The van der Waals surface area contributed by atoms with Crippen LogP contribution >= 0.6 is 0 Å². The van der Waals surface area contributed by atoms with Crippen molar-refractivity contribution < 1.29 is 19.4 Å². The van der Waals surface area contributed by atoms with Gasteiger partial charge in [-0.15, -0.1) is 0 Å². The van der Waals surface area contributed by atoms with E-state index in [0.717, 1.165) is 0 Å². The van der Waals surface area contributed by atoms with Crippen molar-refractivity contribution in [2.45, 2.75) is 20.3 Å². The van der Waals surface area contributed by atoms with E-state index in [4.69, 9.17) is 5.11 Å². The molecule has 4 nitrogen and oxygen atoms in total. The fourth-order valence-electron chi connectivity index (χ4n) is 0.915. The normalized spacial score (nSPS) is 8.14. The lowest BCUT2D eigenvalue weighted by molar-refractivity contribution is -0.136. The molecule has 1 aromatic rings. The second-order valence-corrected chi connectivity index (χ2v) is 4.15. The molecule has 22 heavy (non-hydrogen) atoms. The second kappa shape index (κ2) is 13.4. The number of methoxy groups -OCH3 is 1. The monoisotopic (exact) mass is 304 g/mol. The number of hydrogen-bond acceptors (Lipinski definition) is 3. The summed E-state index contributed by atoms with van der Waals surface area (Å²) < 4.78 is 4.27. The highest BCUT2D eigenvalue weighted by Crippen LogP contribution is 1.97. The van der Waals surface area contributed by atoms with E-state index in [1.54, 1.807) is 13.8 Å². The second-order valence-electron chi connectivity index (χ2n) is 4.15. The predicted molar refractivity (Wildman–Crippen MR) is 90.4 cm³/mol. The summed E-state index contributed by atoms with van der Waals surface area (Å²) in [6.07, 6.45) is 2.36. The number of ether oxygens (including phenoxy) is 1. The lowest BCUT2D eigenvalue weighted by Gasteiger charge is -1.91. The Balaban J connectivity index is 0. The summed E-state index contributed by atoms with van der Waals surface area (Å²) in [6.45, 7) is 13.6. The smallest absolute Gasteiger partial charge is 0.332 e. The summed E-state index contributed by atoms with van der Waals surface area (Å²) in [6, 6.07) is 10.0. The number of carboxylic acid groups (broad SMARTS) is 1. The molecule has 0 aliphatic heterocycles. The number of carboxylic acids is 1. The molecule has 0 amide bonds. The summed E-state index contributed by atoms with van der Waals surface area (Å²) in [5, 5.41) is 8.08. The van der Waals surface area contributed by atoms with Crippen LogP contribution in [0.4, 0.5) is 0 Å². The molecule has 1 N–H and O–H groups in total. The first-order valence-electron chi connectivity index (χ1n) is 6.62. The number of carbonyl (C=O) groups excluding carboxylic acids is 1. The lowest BCUT2D eigenvalue weighted by Crippen LogP contribution is -1.98. The van der Waals surface area contributed by atoms with E-state index in [-0.39, 0.29) is 11.5 Å². The van der Waals surface area contributed by atoms with E-state index < -0.39 is 5.97 Å². The summed E-state index contributed by atoms with van der Waals surface area (Å²) in [7, 11) is 1.33. The molecule has 0 atom stereocenters. The molecule has 1 rings (SSSR count). The van der Waals surface area contributed by atoms with Crippen molar-refractivity contribution >= 4 is 18.0 Å². The third kappa shape index (κ3) is 12.4. The van der Waals surface area contributed by atoms with Gasteiger partial charge in [-0.1, -0.05) is 63.1 Å². The Labute approximate surface area is 132 Å². The minimum atomic E-state index is -0.900. The van der Waals surface area contributed by atoms with E-state index in [2.05, 4.69) is 24.5 Å². The molecule has 0 aliphatic carbocycles. The van der Waals surface area contributed by atoms with Crippen molar-refractivity contribution in [1.29, 1.82) is 0 Å². The fraction of sp³-hybridized carbons (Fsp3) is 0.222. The molecule has 120 valence electrons. The summed E-state index contributed by atoms with van der Waals surface area (Å²) in [5.74, 6) is -1.25. The first-order chi connectivity index (χ1) is 10.3. The molecule has 0 spiro atoms. The van der Waals surface area contributed by atoms with E-state index in [0.29, 0.717) is 12.0 Å². The van der Waals surface area contributed by atoms with Gasteiger partial charge in [0.2, 0.25) is 0 Å². The lowest BCUT2D eigenvalue weighted by atomic mass is 10.2. The van der Waals surface area contributed by atoms with Crippen LogP contribution in [0.1, 0.15) is 25.8 Å². The first kappa shape index (κ1) is 21.7. The molecule has 0 fully saturated rings. The van der Waals surface area contributed by atoms with Gasteiger partial charge in [0.05, 0.1) is 7.11 Å². The predicted octanol–water partition coefficient (Wildman–Crippen LogP) is 4.10. The first-order valence-corrected chi connectivity index (χ1v) is 6.62. The average molecular weight is 304 g/mol. The molecule has 0 heterocycles. The van der Waals surface area contributed by atoms with E-state index in [1.165, 1.54) is 12.7 Å². The van der Waals surface area contributed by atoms with E-state index in [1.807, 2.05) is 36.4 Å². The van der Waals surface area contributed by atoms with Crippen LogP contribution in [-0.4, -0.2) is 24.2 Å². The van der Waals surface area contributed by atoms with Crippen LogP contribution in [0.3, 0.4) is 0 Å². The topological polar surface area (TPSA) is 63.6 Å². The number of hydrogen-bond donors (Lipinski definition) is 1. The average Bonchev–Trinajstić information content (AvgIpc) is 2.54. The molecule has 0 unspecified atom stereocenters. The molecule has 0 aromatic heterocycles. The van der Waals surface area contributed by atoms with Gasteiger partial charge in [0.1, 0.15) is 0 Å². The zero-order chi connectivity index (χ0) is 17.5. The number of benzene rings is 1. The van der Waals surface area contributed by atoms with E-state index >= 15 is 0 Å². The Morgan fingerprint density at radius 2 is 1.73 bits per heavy atom. The van der Waals surface area contributed by atoms with Gasteiger partial charge in [0.15, 0.2) is 0 Å². The minimum Gasteiger partial charge on any atom is -0.478 e. The molecule has 4 heteroatoms. The molecule has 0 bridgehead atoms. The van der Waals surface area contributed by atoms with Gasteiger partial charge in [0.25, 0.3) is 0 Å². The van der Waals surface area contributed by atoms with Gasteiger partial charge in [-0.05, 0) is 18.9 Å². The third-order valence-electron chi connectivity index (χ3n) is 2.30. The molecule has 0 saturated carbocycles. The van der Waals surface area contributed by atoms with Crippen LogP contribution in [0.2, 0.25) is 0 Å². The zero-order valence-electron chi connectivity index (χ0n) is 13.5. The van der Waals surface area contributed by atoms with Gasteiger partial charge in [-0.25, -0.2) is 9.59 Å². The maximum Gasteiger partial charge on any atom is 0.332 e. The zero-order valence-corrected chi connectivity index (χ0v) is 13.5. The Hall–Kier alpha value is -2.62. The Bertz CT molecular complexity index is 475. The van der Waals surface area contributed by atoms with Gasteiger partial charge in [-0.3, -0.25) is 0 Å². The SMILES string of the molecule is C=C(C)C(=O)OC.C=C(CC)C(=O)O.C=Cc1ccccc1. The van der Waals surface area contributed by atoms with Crippen LogP contribution in [0, 0.1) is 0 Å². The van der Waals surface area contributed by atoms with Crippen molar-refractivity contribution in [1.82, 2.24) is 0 Å². The number of carbonyl (C=O) groups is 2. The van der Waals surface area contributed by atoms with Crippen LogP contribution in [0.15, 0.2) is 61.2 Å². The molecule has 0 radical (unpaired) electrons. The quantitative estimate of drug-likeness (QED) is 0.672. The van der Waals surface area contributed by atoms with Crippen molar-refractivity contribution in [3.05, 3.63) is 66.8 Å². The van der Waals surface area contributed by atoms with E-state index in [9.17, 15) is 9.59 Å². The summed E-state index contributed by atoms with van der Waals surface area (Å²) >= 11 is 0. The van der Waals surface area contributed by atoms with Crippen molar-refractivity contribution in [2.75, 3.05) is 7.11 Å². The van der Waals surface area contributed by atoms with Gasteiger partial charge < -0.3 is 9.84 Å². The highest BCUT2D eigenvalue weighted by Gasteiger charge is 1.96. The van der Waals surface area contributed by atoms with Gasteiger partial charge in [0, 0.05) is 11.1 Å². The highest BCUT2D eigenvalue weighted by molar-refractivity contribution is 5.86. The standard InChI is InChI=1S/C8H8.2C5H8O2/c1-2-8-6-4-3-5-7-8;1-4(2)5(6)7-3;1-3-4(2)5(6)7/h2-7H,1H2;1H2,2-3H3;2-3H2,1H3,(H,6,7).